The van der Waals surface area contributed by atoms with Crippen molar-refractivity contribution in [1.82, 2.24) is 14.9 Å². The lowest BCUT2D eigenvalue weighted by Gasteiger charge is -2.31. The van der Waals surface area contributed by atoms with Crippen LogP contribution in [0, 0.1) is 11.6 Å². The molecule has 0 unspecified atom stereocenters. The molecule has 1 aliphatic heterocycles. The minimum Gasteiger partial charge on any atom is -0.339 e. The van der Waals surface area contributed by atoms with Crippen molar-refractivity contribution in [2.75, 3.05) is 13.1 Å². The van der Waals surface area contributed by atoms with Crippen LogP contribution in [0.5, 0.6) is 0 Å². The number of thiophene rings is 1. The van der Waals surface area contributed by atoms with Gasteiger partial charge in [-0.05, 0) is 56.2 Å². The Morgan fingerprint density at radius 3 is 2.53 bits per heavy atom. The summed E-state index contributed by atoms with van der Waals surface area (Å²) in [6, 6.07) is 2.87. The number of carbonyl (C=O) groups excluding carboxylic acids is 1. The van der Waals surface area contributed by atoms with Gasteiger partial charge in [0, 0.05) is 35.5 Å². The second-order valence-electron chi connectivity index (χ2n) is 8.07. The van der Waals surface area contributed by atoms with E-state index in [0.717, 1.165) is 54.1 Å². The SMILES string of the molecule is O=C(c1cc(F)cc(F)c1)N1CCC(c2nc3sc4c(c3c(=O)[nH]2)CCCC4)CC1. The number of aromatic nitrogens is 2. The standard InChI is InChI=1S/C22H21F2N3O2S/c23-14-9-13(10-15(24)11-14)22(29)27-7-5-12(6-8-27)19-25-20(28)18-16-3-1-2-4-17(16)30-21(18)26-19/h9-12H,1-8H2,(H,25,26,28). The molecule has 8 heteroatoms. The van der Waals surface area contributed by atoms with Gasteiger partial charge in [-0.2, -0.15) is 0 Å². The number of nitrogens with zero attached hydrogens (tertiary/aromatic N) is 2. The van der Waals surface area contributed by atoms with Crippen molar-refractivity contribution in [1.29, 1.82) is 0 Å². The van der Waals surface area contributed by atoms with Gasteiger partial charge in [-0.3, -0.25) is 9.59 Å². The highest BCUT2D eigenvalue weighted by molar-refractivity contribution is 7.18. The Labute approximate surface area is 175 Å². The number of likely N-dealkylation sites (tertiary alicyclic amines) is 1. The van der Waals surface area contributed by atoms with E-state index in [1.165, 1.54) is 10.4 Å². The van der Waals surface area contributed by atoms with E-state index in [4.69, 9.17) is 4.98 Å². The zero-order valence-electron chi connectivity index (χ0n) is 16.3. The van der Waals surface area contributed by atoms with Gasteiger partial charge in [-0.15, -0.1) is 11.3 Å². The normalized spacial score (nSPS) is 17.3. The maximum atomic E-state index is 13.4. The number of hydrogen-bond acceptors (Lipinski definition) is 4. The summed E-state index contributed by atoms with van der Waals surface area (Å²) >= 11 is 1.63. The van der Waals surface area contributed by atoms with Crippen LogP contribution in [0.2, 0.25) is 0 Å². The summed E-state index contributed by atoms with van der Waals surface area (Å²) in [6.45, 7) is 0.897. The average molecular weight is 429 g/mol. The van der Waals surface area contributed by atoms with Gasteiger partial charge in [-0.1, -0.05) is 0 Å². The first-order valence-corrected chi connectivity index (χ1v) is 11.1. The number of benzene rings is 1. The predicted octanol–water partition coefficient (Wildman–Crippen LogP) is 4.16. The third-order valence-electron chi connectivity index (χ3n) is 6.12. The second-order valence-corrected chi connectivity index (χ2v) is 9.15. The molecule has 1 aromatic carbocycles. The Balaban J connectivity index is 1.34. The number of amides is 1. The Hall–Kier alpha value is -2.61. The molecule has 5 rings (SSSR count). The van der Waals surface area contributed by atoms with Crippen LogP contribution in [0.4, 0.5) is 8.78 Å². The molecule has 5 nitrogen and oxygen atoms in total. The molecule has 0 radical (unpaired) electrons. The summed E-state index contributed by atoms with van der Waals surface area (Å²) in [5, 5.41) is 0.749. The van der Waals surface area contributed by atoms with Crippen LogP contribution in [-0.2, 0) is 12.8 Å². The number of carbonyl (C=O) groups is 1. The highest BCUT2D eigenvalue weighted by Crippen LogP contribution is 2.35. The van der Waals surface area contributed by atoms with E-state index in [1.807, 2.05) is 0 Å². The molecule has 2 aliphatic rings. The topological polar surface area (TPSA) is 66.1 Å². The highest BCUT2D eigenvalue weighted by Gasteiger charge is 2.28. The first-order chi connectivity index (χ1) is 14.5. The quantitative estimate of drug-likeness (QED) is 0.665. The molecule has 156 valence electrons. The zero-order chi connectivity index (χ0) is 20.8. The van der Waals surface area contributed by atoms with Crippen LogP contribution < -0.4 is 5.56 Å². The maximum absolute atomic E-state index is 13.4. The van der Waals surface area contributed by atoms with Crippen LogP contribution in [0.25, 0.3) is 10.2 Å². The molecule has 1 saturated heterocycles. The number of H-pyrrole nitrogens is 1. The van der Waals surface area contributed by atoms with Crippen LogP contribution in [-0.4, -0.2) is 33.9 Å². The van der Waals surface area contributed by atoms with Crippen LogP contribution >= 0.6 is 11.3 Å². The van der Waals surface area contributed by atoms with Crippen LogP contribution in [0.15, 0.2) is 23.0 Å². The van der Waals surface area contributed by atoms with Gasteiger partial charge >= 0.3 is 0 Å². The lowest BCUT2D eigenvalue weighted by atomic mass is 9.95. The van der Waals surface area contributed by atoms with E-state index in [1.54, 1.807) is 16.2 Å². The summed E-state index contributed by atoms with van der Waals surface area (Å²) in [6.07, 6.45) is 5.52. The Morgan fingerprint density at radius 2 is 1.80 bits per heavy atom. The lowest BCUT2D eigenvalue weighted by molar-refractivity contribution is 0.0710. The summed E-state index contributed by atoms with van der Waals surface area (Å²) < 4.78 is 26.9. The highest BCUT2D eigenvalue weighted by atomic mass is 32.1. The molecule has 0 bridgehead atoms. The Bertz CT molecular complexity index is 1170. The van der Waals surface area contributed by atoms with Gasteiger partial charge in [0.1, 0.15) is 22.3 Å². The first kappa shape index (κ1) is 19.4. The Morgan fingerprint density at radius 1 is 1.10 bits per heavy atom. The largest absolute Gasteiger partial charge is 0.339 e. The van der Waals surface area contributed by atoms with Gasteiger partial charge in [0.15, 0.2) is 0 Å². The molecular formula is C22H21F2N3O2S. The third kappa shape index (κ3) is 3.43. The fourth-order valence-corrected chi connectivity index (χ4v) is 5.86. The number of fused-ring (bicyclic) bond motifs is 3. The van der Waals surface area contributed by atoms with E-state index in [0.29, 0.717) is 31.8 Å². The van der Waals surface area contributed by atoms with E-state index < -0.39 is 11.6 Å². The average Bonchev–Trinajstić information content (AvgIpc) is 3.11. The lowest BCUT2D eigenvalue weighted by Crippen LogP contribution is -2.38. The second kappa shape index (κ2) is 7.58. The van der Waals surface area contributed by atoms with Gasteiger partial charge in [0.25, 0.3) is 11.5 Å². The molecule has 3 heterocycles. The molecule has 3 aromatic rings. The summed E-state index contributed by atoms with van der Waals surface area (Å²) in [5.41, 5.74) is 1.12. The minimum absolute atomic E-state index is 0.0167. The number of hydrogen-bond donors (Lipinski definition) is 1. The number of piperidine rings is 1. The molecule has 0 spiro atoms. The van der Waals surface area contributed by atoms with E-state index >= 15 is 0 Å². The van der Waals surface area contributed by atoms with Gasteiger partial charge < -0.3 is 9.88 Å². The molecule has 30 heavy (non-hydrogen) atoms. The van der Waals surface area contributed by atoms with Gasteiger partial charge in [0.05, 0.1) is 5.39 Å². The number of nitrogens with one attached hydrogen (secondary N) is 1. The van der Waals surface area contributed by atoms with Crippen molar-refractivity contribution < 1.29 is 13.6 Å². The van der Waals surface area contributed by atoms with Crippen molar-refractivity contribution in [3.05, 3.63) is 62.0 Å². The zero-order valence-corrected chi connectivity index (χ0v) is 17.2. The molecule has 1 fully saturated rings. The molecule has 0 atom stereocenters. The molecular weight excluding hydrogens is 408 g/mol. The van der Waals surface area contributed by atoms with Crippen molar-refractivity contribution in [3.8, 4) is 0 Å². The summed E-state index contributed by atoms with van der Waals surface area (Å²) in [4.78, 5) is 36.8. The van der Waals surface area contributed by atoms with Crippen molar-refractivity contribution >= 4 is 27.5 Å². The van der Waals surface area contributed by atoms with Crippen molar-refractivity contribution in [2.24, 2.45) is 0 Å². The van der Waals surface area contributed by atoms with Crippen LogP contribution in [0.1, 0.15) is 58.2 Å². The van der Waals surface area contributed by atoms with E-state index in [9.17, 15) is 18.4 Å². The van der Waals surface area contributed by atoms with Gasteiger partial charge in [0.2, 0.25) is 0 Å². The maximum Gasteiger partial charge on any atom is 0.259 e. The number of aryl methyl sites for hydroxylation is 2. The minimum atomic E-state index is -0.762. The molecule has 0 saturated carbocycles. The van der Waals surface area contributed by atoms with E-state index in [2.05, 4.69) is 4.98 Å². The van der Waals surface area contributed by atoms with Gasteiger partial charge in [-0.25, -0.2) is 13.8 Å². The molecule has 1 N–H and O–H groups in total. The fourth-order valence-electron chi connectivity index (χ4n) is 4.59. The van der Waals surface area contributed by atoms with Crippen molar-refractivity contribution in [3.63, 3.8) is 0 Å². The number of rotatable bonds is 2. The number of halogens is 2. The van der Waals surface area contributed by atoms with Crippen molar-refractivity contribution in [2.45, 2.75) is 44.4 Å². The number of aromatic amines is 1. The molecule has 1 aliphatic carbocycles. The van der Waals surface area contributed by atoms with E-state index in [-0.39, 0.29) is 22.9 Å². The monoisotopic (exact) mass is 429 g/mol. The summed E-state index contributed by atoms with van der Waals surface area (Å²) in [5.74, 6) is -1.18. The predicted molar refractivity (Wildman–Crippen MR) is 111 cm³/mol. The third-order valence-corrected chi connectivity index (χ3v) is 7.31. The summed E-state index contributed by atoms with van der Waals surface area (Å²) in [7, 11) is 0. The molecule has 2 aromatic heterocycles. The molecule has 1 amide bonds. The first-order valence-electron chi connectivity index (χ1n) is 10.3. The smallest absolute Gasteiger partial charge is 0.259 e. The van der Waals surface area contributed by atoms with Crippen LogP contribution in [0.3, 0.4) is 0 Å². The Kier molecular flexibility index (Phi) is 4.89. The fraction of sp³-hybridized carbons (Fsp3) is 0.409.